The number of rotatable bonds is 8. The Hall–Kier alpha value is -2.75. The predicted octanol–water partition coefficient (Wildman–Crippen LogP) is 2.15. The Kier molecular flexibility index (Phi) is 4.62. The zero-order valence-electron chi connectivity index (χ0n) is 19.4. The molecule has 2 aromatic heterocycles. The molecule has 9 heteroatoms. The molecule has 1 spiro atoms. The Morgan fingerprint density at radius 2 is 2.18 bits per heavy atom. The quantitative estimate of drug-likeness (QED) is 0.526. The number of likely N-dealkylation sites (N-methyl/N-ethyl adjacent to an activating group) is 1. The van der Waals surface area contributed by atoms with Crippen LogP contribution in [0.15, 0.2) is 30.5 Å². The van der Waals surface area contributed by atoms with Gasteiger partial charge in [0.1, 0.15) is 24.3 Å². The zero-order chi connectivity index (χ0) is 22.9. The molecule has 4 aliphatic rings. The van der Waals surface area contributed by atoms with Crippen LogP contribution in [0.3, 0.4) is 0 Å². The number of nitrogens with zero attached hydrogens (tertiary/aromatic N) is 5. The van der Waals surface area contributed by atoms with Crippen LogP contribution in [0.1, 0.15) is 31.7 Å². The van der Waals surface area contributed by atoms with Crippen molar-refractivity contribution >= 4 is 16.9 Å². The fourth-order valence-electron chi connectivity index (χ4n) is 5.83. The molecule has 2 aliphatic heterocycles. The largest absolute Gasteiger partial charge is 0.491 e. The van der Waals surface area contributed by atoms with Gasteiger partial charge >= 0.3 is 0 Å². The van der Waals surface area contributed by atoms with E-state index < -0.39 is 6.10 Å². The average Bonchev–Trinajstić information content (AvgIpc) is 3.49. The van der Waals surface area contributed by atoms with Crippen LogP contribution in [0.2, 0.25) is 0 Å². The molecule has 2 saturated heterocycles. The second-order valence-corrected chi connectivity index (χ2v) is 10.2. The van der Waals surface area contributed by atoms with E-state index in [1.54, 1.807) is 0 Å². The average molecular weight is 463 g/mol. The summed E-state index contributed by atoms with van der Waals surface area (Å²) in [4.78, 5) is 12.5. The van der Waals surface area contributed by atoms with Crippen LogP contribution in [0, 0.1) is 5.41 Å². The summed E-state index contributed by atoms with van der Waals surface area (Å²) in [6.07, 6.45) is 6.85. The van der Waals surface area contributed by atoms with E-state index in [-0.39, 0.29) is 6.61 Å². The van der Waals surface area contributed by atoms with Gasteiger partial charge in [-0.05, 0) is 44.9 Å². The van der Waals surface area contributed by atoms with Gasteiger partial charge in [-0.15, -0.1) is 0 Å². The Labute approximate surface area is 198 Å². The van der Waals surface area contributed by atoms with Crippen molar-refractivity contribution in [2.24, 2.45) is 5.41 Å². The van der Waals surface area contributed by atoms with Crippen LogP contribution in [-0.2, 0) is 4.74 Å². The van der Waals surface area contributed by atoms with Gasteiger partial charge in [0.25, 0.3) is 0 Å². The Morgan fingerprint density at radius 1 is 1.26 bits per heavy atom. The lowest BCUT2D eigenvalue weighted by atomic mass is 9.60. The number of aromatic nitrogens is 4. The molecule has 0 radical (unpaired) electrons. The van der Waals surface area contributed by atoms with E-state index in [1.165, 1.54) is 12.8 Å². The first kappa shape index (κ1) is 20.6. The number of nitrogens with one attached hydrogen (secondary N) is 1. The van der Waals surface area contributed by atoms with Gasteiger partial charge in [-0.3, -0.25) is 0 Å². The molecule has 0 bridgehead atoms. The molecule has 9 nitrogen and oxygen atoms in total. The third kappa shape index (κ3) is 3.14. The number of ether oxygens (including phenoxy) is 2. The molecule has 1 aromatic carbocycles. The van der Waals surface area contributed by atoms with Crippen LogP contribution in [0.4, 0.5) is 5.82 Å². The topological polar surface area (TPSA) is 97.6 Å². The van der Waals surface area contributed by atoms with Crippen LogP contribution in [-0.4, -0.2) is 76.5 Å². The van der Waals surface area contributed by atoms with Crippen LogP contribution in [0.5, 0.6) is 5.75 Å². The fraction of sp³-hybridized carbons (Fsp3) is 0.560. The van der Waals surface area contributed by atoms with E-state index >= 15 is 0 Å². The van der Waals surface area contributed by atoms with E-state index in [2.05, 4.69) is 14.9 Å². The fourth-order valence-corrected chi connectivity index (χ4v) is 5.83. The number of hydrogen-bond acceptors (Lipinski definition) is 8. The Balaban J connectivity index is 1.25. The molecule has 3 aromatic rings. The highest BCUT2D eigenvalue weighted by molar-refractivity contribution is 5.89. The number of anilines is 1. The maximum Gasteiger partial charge on any atom is 0.164 e. The molecule has 2 aliphatic carbocycles. The van der Waals surface area contributed by atoms with Crippen molar-refractivity contribution in [3.63, 3.8) is 0 Å². The normalized spacial score (nSPS) is 28.2. The van der Waals surface area contributed by atoms with E-state index in [0.29, 0.717) is 41.8 Å². The van der Waals surface area contributed by atoms with Crippen LogP contribution < -0.4 is 15.0 Å². The summed E-state index contributed by atoms with van der Waals surface area (Å²) in [5, 5.41) is 18.7. The first-order valence-corrected chi connectivity index (χ1v) is 12.4. The highest BCUT2D eigenvalue weighted by Crippen LogP contribution is 2.60. The van der Waals surface area contributed by atoms with E-state index in [4.69, 9.17) is 24.5 Å². The van der Waals surface area contributed by atoms with E-state index in [0.717, 1.165) is 48.3 Å². The highest BCUT2D eigenvalue weighted by atomic mass is 16.5. The van der Waals surface area contributed by atoms with Crippen molar-refractivity contribution in [2.75, 3.05) is 38.2 Å². The molecule has 0 amide bonds. The lowest BCUT2D eigenvalue weighted by molar-refractivity contribution is -0.279. The highest BCUT2D eigenvalue weighted by Gasteiger charge is 2.66. The number of benzene rings is 1. The summed E-state index contributed by atoms with van der Waals surface area (Å²) >= 11 is 0. The van der Waals surface area contributed by atoms with E-state index in [9.17, 15) is 5.11 Å². The van der Waals surface area contributed by atoms with Crippen molar-refractivity contribution in [1.82, 2.24) is 25.1 Å². The molecule has 34 heavy (non-hydrogen) atoms. The summed E-state index contributed by atoms with van der Waals surface area (Å²) in [5.41, 5.74) is 2.12. The Morgan fingerprint density at radius 3 is 2.91 bits per heavy atom. The van der Waals surface area contributed by atoms with Crippen molar-refractivity contribution in [1.29, 1.82) is 0 Å². The smallest absolute Gasteiger partial charge is 0.164 e. The second-order valence-electron chi connectivity index (χ2n) is 10.2. The SMILES string of the molecule is CNCC(O)COc1cccc(-c2nc(N3CC4OC5CCC54C3)c3cnn(C4CC4)c3n2)c1. The minimum Gasteiger partial charge on any atom is -0.491 e. The van der Waals surface area contributed by atoms with Crippen LogP contribution >= 0.6 is 0 Å². The van der Waals surface area contributed by atoms with Gasteiger partial charge < -0.3 is 24.8 Å². The first-order valence-electron chi connectivity index (χ1n) is 12.4. The van der Waals surface area contributed by atoms with E-state index in [1.807, 2.05) is 37.5 Å². The molecule has 4 heterocycles. The van der Waals surface area contributed by atoms with Gasteiger partial charge in [0.15, 0.2) is 11.5 Å². The maximum atomic E-state index is 9.99. The standard InChI is InChI=1S/C25H30N6O3/c1-26-10-17(32)13-33-18-4-2-3-15(9-18)22-28-23(19-11-27-31(16-5-6-16)24(19)29-22)30-12-21-25(14-30)8-7-20(25)34-21/h2-4,9,11,16-17,20-21,26,32H,5-8,10,12-14H2,1H3. The van der Waals surface area contributed by atoms with Crippen molar-refractivity contribution < 1.29 is 14.6 Å². The second kappa shape index (κ2) is 7.63. The van der Waals surface area contributed by atoms with Gasteiger partial charge in [-0.25, -0.2) is 14.6 Å². The van der Waals surface area contributed by atoms with Gasteiger partial charge in [-0.1, -0.05) is 12.1 Å². The van der Waals surface area contributed by atoms with Gasteiger partial charge in [-0.2, -0.15) is 5.10 Å². The van der Waals surface area contributed by atoms with Gasteiger partial charge in [0.2, 0.25) is 0 Å². The van der Waals surface area contributed by atoms with Crippen molar-refractivity contribution in [3.8, 4) is 17.1 Å². The molecule has 4 fully saturated rings. The minimum absolute atomic E-state index is 0.225. The summed E-state index contributed by atoms with van der Waals surface area (Å²) in [6, 6.07) is 8.24. The molecule has 4 atom stereocenters. The first-order chi connectivity index (χ1) is 16.6. The molecule has 2 N–H and O–H groups in total. The number of fused-ring (bicyclic) bond motifs is 1. The molecule has 7 rings (SSSR count). The van der Waals surface area contributed by atoms with Crippen LogP contribution in [0.25, 0.3) is 22.4 Å². The zero-order valence-corrected chi connectivity index (χ0v) is 19.4. The predicted molar refractivity (Wildman–Crippen MR) is 127 cm³/mol. The molecule has 4 unspecified atom stereocenters. The molecule has 178 valence electrons. The monoisotopic (exact) mass is 462 g/mol. The Bertz CT molecular complexity index is 1240. The van der Waals surface area contributed by atoms with Crippen molar-refractivity contribution in [2.45, 2.75) is 50.0 Å². The maximum absolute atomic E-state index is 9.99. The lowest BCUT2D eigenvalue weighted by Gasteiger charge is -2.59. The summed E-state index contributed by atoms with van der Waals surface area (Å²) in [5.74, 6) is 2.33. The molecular formula is C25H30N6O3. The third-order valence-electron chi connectivity index (χ3n) is 7.95. The molecule has 2 saturated carbocycles. The van der Waals surface area contributed by atoms with Gasteiger partial charge in [0.05, 0.1) is 29.8 Å². The minimum atomic E-state index is -0.566. The molecular weight excluding hydrogens is 432 g/mol. The van der Waals surface area contributed by atoms with Gasteiger partial charge in [0, 0.05) is 30.6 Å². The summed E-state index contributed by atoms with van der Waals surface area (Å²) in [6.45, 7) is 2.58. The summed E-state index contributed by atoms with van der Waals surface area (Å²) < 4.78 is 14.0. The third-order valence-corrected chi connectivity index (χ3v) is 7.95. The summed E-state index contributed by atoms with van der Waals surface area (Å²) in [7, 11) is 1.81. The lowest BCUT2D eigenvalue weighted by Crippen LogP contribution is -2.65. The number of aliphatic hydroxyl groups excluding tert-OH is 1. The van der Waals surface area contributed by atoms with Crippen molar-refractivity contribution in [3.05, 3.63) is 30.5 Å². The number of aliphatic hydroxyl groups is 1. The number of hydrogen-bond donors (Lipinski definition) is 2.